The number of thioether (sulfide) groups is 1. The highest BCUT2D eigenvalue weighted by Crippen LogP contribution is 2.49. The average molecular weight is 282 g/mol. The van der Waals surface area contributed by atoms with Gasteiger partial charge in [0.2, 0.25) is 0 Å². The number of rotatable bonds is 5. The molecule has 5 heteroatoms. The van der Waals surface area contributed by atoms with Gasteiger partial charge in [0.25, 0.3) is 0 Å². The Labute approximate surface area is 118 Å². The number of nitrogens with zero attached hydrogens (tertiary/aromatic N) is 2. The van der Waals surface area contributed by atoms with Crippen molar-refractivity contribution in [2.45, 2.75) is 57.1 Å². The Bertz CT molecular complexity index is 476. The predicted molar refractivity (Wildman–Crippen MR) is 76.7 cm³/mol. The van der Waals surface area contributed by atoms with E-state index in [0.717, 1.165) is 11.1 Å². The van der Waals surface area contributed by atoms with E-state index in [9.17, 15) is 4.79 Å². The quantitative estimate of drug-likeness (QED) is 0.842. The van der Waals surface area contributed by atoms with Crippen LogP contribution in [-0.2, 0) is 10.2 Å². The van der Waals surface area contributed by atoms with E-state index in [1.807, 2.05) is 6.20 Å². The zero-order valence-corrected chi connectivity index (χ0v) is 12.8. The minimum atomic E-state index is -0.792. The Morgan fingerprint density at radius 3 is 2.74 bits per heavy atom. The van der Waals surface area contributed by atoms with Crippen molar-refractivity contribution >= 4 is 17.7 Å². The summed E-state index contributed by atoms with van der Waals surface area (Å²) in [5, 5.41) is 9.68. The van der Waals surface area contributed by atoms with E-state index in [2.05, 4.69) is 37.2 Å². The molecule has 4 nitrogen and oxygen atoms in total. The Balaban J connectivity index is 2.28. The molecule has 0 aliphatic heterocycles. The number of aromatic nitrogens is 2. The number of hydrogen-bond acceptors (Lipinski definition) is 3. The van der Waals surface area contributed by atoms with E-state index < -0.39 is 5.97 Å². The fraction of sp³-hybridized carbons (Fsp3) is 0.714. The van der Waals surface area contributed by atoms with E-state index in [-0.39, 0.29) is 11.2 Å². The first-order valence-electron chi connectivity index (χ1n) is 6.77. The zero-order valence-electron chi connectivity index (χ0n) is 12.0. The second-order valence-corrected chi connectivity index (χ2v) is 7.14. The summed E-state index contributed by atoms with van der Waals surface area (Å²) < 4.78 is 2.28. The van der Waals surface area contributed by atoms with Crippen molar-refractivity contribution in [1.29, 1.82) is 0 Å². The predicted octanol–water partition coefficient (Wildman–Crippen LogP) is 3.33. The first-order valence-corrected chi connectivity index (χ1v) is 7.75. The normalized spacial score (nSPS) is 22.5. The second kappa shape index (κ2) is 5.19. The molecule has 0 spiro atoms. The summed E-state index contributed by atoms with van der Waals surface area (Å²) >= 11 is 1.33. The van der Waals surface area contributed by atoms with Crippen molar-refractivity contribution in [2.75, 3.05) is 5.75 Å². The summed E-state index contributed by atoms with van der Waals surface area (Å²) in [6, 6.07) is 0.512. The van der Waals surface area contributed by atoms with Gasteiger partial charge in [0.15, 0.2) is 5.16 Å². The third kappa shape index (κ3) is 3.14. The number of carboxylic acids is 1. The molecule has 2 atom stereocenters. The summed E-state index contributed by atoms with van der Waals surface area (Å²) in [4.78, 5) is 15.2. The minimum Gasteiger partial charge on any atom is -0.481 e. The lowest BCUT2D eigenvalue weighted by molar-refractivity contribution is -0.133. The van der Waals surface area contributed by atoms with Crippen LogP contribution < -0.4 is 0 Å². The second-order valence-electron chi connectivity index (χ2n) is 6.20. The van der Waals surface area contributed by atoms with E-state index in [4.69, 9.17) is 5.11 Å². The molecule has 1 fully saturated rings. The topological polar surface area (TPSA) is 55.1 Å². The van der Waals surface area contributed by atoms with E-state index in [1.165, 1.54) is 30.3 Å². The third-order valence-corrected chi connectivity index (χ3v) is 4.55. The average Bonchev–Trinajstić information content (AvgIpc) is 2.95. The standard InChI is InChI=1S/C14H22N2O2S/c1-5-9-6-10(9)16-11(14(2,3)4)7-15-13(16)19-8-12(17)18/h7,9-10H,5-6,8H2,1-4H3,(H,17,18). The van der Waals surface area contributed by atoms with Crippen LogP contribution in [0, 0.1) is 5.92 Å². The van der Waals surface area contributed by atoms with Gasteiger partial charge in [-0.25, -0.2) is 4.98 Å². The molecule has 2 unspecified atom stereocenters. The van der Waals surface area contributed by atoms with Gasteiger partial charge in [0.05, 0.1) is 5.75 Å². The van der Waals surface area contributed by atoms with Gasteiger partial charge in [-0.05, 0) is 12.3 Å². The molecule has 1 saturated carbocycles. The maximum absolute atomic E-state index is 10.7. The van der Waals surface area contributed by atoms with Gasteiger partial charge in [0.1, 0.15) is 0 Å². The molecule has 19 heavy (non-hydrogen) atoms. The van der Waals surface area contributed by atoms with Gasteiger partial charge in [-0.15, -0.1) is 0 Å². The van der Waals surface area contributed by atoms with Crippen LogP contribution in [0.15, 0.2) is 11.4 Å². The molecule has 1 aromatic rings. The number of imidazole rings is 1. The molecule has 1 aromatic heterocycles. The van der Waals surface area contributed by atoms with Crippen molar-refractivity contribution in [3.8, 4) is 0 Å². The van der Waals surface area contributed by atoms with Crippen LogP contribution >= 0.6 is 11.8 Å². The van der Waals surface area contributed by atoms with E-state index in [0.29, 0.717) is 6.04 Å². The number of aliphatic carboxylic acids is 1. The minimum absolute atomic E-state index is 0.0376. The lowest BCUT2D eigenvalue weighted by Crippen LogP contribution is -2.18. The SMILES string of the molecule is CCC1CC1n1c(C(C)(C)C)cnc1SCC(=O)O. The van der Waals surface area contributed by atoms with Gasteiger partial charge in [-0.2, -0.15) is 0 Å². The third-order valence-electron chi connectivity index (χ3n) is 3.60. The van der Waals surface area contributed by atoms with Gasteiger partial charge in [0, 0.05) is 23.3 Å². The highest BCUT2D eigenvalue weighted by molar-refractivity contribution is 7.99. The molecule has 1 N–H and O–H groups in total. The fourth-order valence-corrected chi connectivity index (χ4v) is 3.19. The summed E-state index contributed by atoms with van der Waals surface area (Å²) in [6.07, 6.45) is 4.28. The van der Waals surface area contributed by atoms with Crippen LogP contribution in [0.5, 0.6) is 0 Å². The highest BCUT2D eigenvalue weighted by atomic mass is 32.2. The molecular formula is C14H22N2O2S. The van der Waals surface area contributed by atoms with Gasteiger partial charge >= 0.3 is 5.97 Å². The first kappa shape index (κ1) is 14.4. The van der Waals surface area contributed by atoms with Crippen LogP contribution in [0.3, 0.4) is 0 Å². The van der Waals surface area contributed by atoms with Gasteiger partial charge in [-0.3, -0.25) is 4.79 Å². The van der Waals surface area contributed by atoms with Crippen LogP contribution in [0.2, 0.25) is 0 Å². The Morgan fingerprint density at radius 2 is 2.26 bits per heavy atom. The summed E-state index contributed by atoms with van der Waals surface area (Å²) in [7, 11) is 0. The molecule has 1 aliphatic rings. The molecule has 0 saturated heterocycles. The maximum atomic E-state index is 10.7. The Hall–Kier alpha value is -0.970. The largest absolute Gasteiger partial charge is 0.481 e. The summed E-state index contributed by atoms with van der Waals surface area (Å²) in [5.74, 6) is 0.00331. The zero-order chi connectivity index (χ0) is 14.2. The molecule has 0 bridgehead atoms. The van der Waals surface area contributed by atoms with E-state index >= 15 is 0 Å². The molecule has 2 rings (SSSR count). The number of hydrogen-bond donors (Lipinski definition) is 1. The number of carbonyl (C=O) groups is 1. The van der Waals surface area contributed by atoms with Gasteiger partial charge in [-0.1, -0.05) is 45.9 Å². The lowest BCUT2D eigenvalue weighted by Gasteiger charge is -2.22. The van der Waals surface area contributed by atoms with Gasteiger partial charge < -0.3 is 9.67 Å². The molecule has 0 aromatic carbocycles. The molecule has 1 heterocycles. The molecule has 106 valence electrons. The van der Waals surface area contributed by atoms with Crippen LogP contribution in [0.1, 0.15) is 52.3 Å². The van der Waals surface area contributed by atoms with Crippen molar-refractivity contribution in [1.82, 2.24) is 9.55 Å². The van der Waals surface area contributed by atoms with Crippen LogP contribution in [0.4, 0.5) is 0 Å². The number of carboxylic acid groups (broad SMARTS) is 1. The first-order chi connectivity index (χ1) is 8.84. The van der Waals surface area contributed by atoms with Crippen molar-refractivity contribution < 1.29 is 9.90 Å². The maximum Gasteiger partial charge on any atom is 0.313 e. The van der Waals surface area contributed by atoms with E-state index in [1.54, 1.807) is 0 Å². The Morgan fingerprint density at radius 1 is 1.58 bits per heavy atom. The Kier molecular flexibility index (Phi) is 3.95. The molecule has 1 aliphatic carbocycles. The fourth-order valence-electron chi connectivity index (χ4n) is 2.44. The molecule has 0 radical (unpaired) electrons. The lowest BCUT2D eigenvalue weighted by atomic mass is 9.92. The smallest absolute Gasteiger partial charge is 0.313 e. The van der Waals surface area contributed by atoms with Crippen molar-refractivity contribution in [2.24, 2.45) is 5.92 Å². The highest BCUT2D eigenvalue weighted by Gasteiger charge is 2.41. The summed E-state index contributed by atoms with van der Waals surface area (Å²) in [5.41, 5.74) is 1.25. The van der Waals surface area contributed by atoms with Crippen LogP contribution in [-0.4, -0.2) is 26.4 Å². The van der Waals surface area contributed by atoms with Crippen LogP contribution in [0.25, 0.3) is 0 Å². The molecular weight excluding hydrogens is 260 g/mol. The van der Waals surface area contributed by atoms with Crippen molar-refractivity contribution in [3.05, 3.63) is 11.9 Å². The monoisotopic (exact) mass is 282 g/mol. The van der Waals surface area contributed by atoms with Crippen molar-refractivity contribution in [3.63, 3.8) is 0 Å². The molecule has 0 amide bonds. The summed E-state index contributed by atoms with van der Waals surface area (Å²) in [6.45, 7) is 8.74.